The summed E-state index contributed by atoms with van der Waals surface area (Å²) in [6.07, 6.45) is 7.70. The van der Waals surface area contributed by atoms with Crippen LogP contribution in [0, 0.1) is 5.92 Å². The highest BCUT2D eigenvalue weighted by Crippen LogP contribution is 2.50. The summed E-state index contributed by atoms with van der Waals surface area (Å²) >= 11 is 3.40. The standard InChI is InChI=1S/C12H19BrO2/c1-2-3-10(13)11(14)15-12-6-4-9(8-12)5-7-12/h9-10H,2-8H2,1H3. The number of hydrogen-bond acceptors (Lipinski definition) is 2. The van der Waals surface area contributed by atoms with E-state index < -0.39 is 0 Å². The molecule has 2 aliphatic carbocycles. The minimum absolute atomic E-state index is 0.0422. The molecule has 2 bridgehead atoms. The van der Waals surface area contributed by atoms with E-state index in [-0.39, 0.29) is 16.4 Å². The molecule has 3 heteroatoms. The largest absolute Gasteiger partial charge is 0.458 e. The predicted octanol–water partition coefficient (Wildman–Crippen LogP) is 3.43. The molecule has 15 heavy (non-hydrogen) atoms. The molecule has 0 aromatic heterocycles. The van der Waals surface area contributed by atoms with Crippen LogP contribution >= 0.6 is 15.9 Å². The van der Waals surface area contributed by atoms with E-state index >= 15 is 0 Å². The molecule has 2 fully saturated rings. The number of ether oxygens (including phenoxy) is 1. The number of hydrogen-bond donors (Lipinski definition) is 0. The van der Waals surface area contributed by atoms with E-state index in [1.165, 1.54) is 12.8 Å². The molecule has 1 unspecified atom stereocenters. The molecule has 2 aliphatic rings. The first-order valence-corrected chi connectivity index (χ1v) is 6.94. The van der Waals surface area contributed by atoms with Crippen molar-refractivity contribution in [2.24, 2.45) is 5.92 Å². The second kappa shape index (κ2) is 4.44. The van der Waals surface area contributed by atoms with Gasteiger partial charge in [0.2, 0.25) is 0 Å². The molecule has 1 atom stereocenters. The van der Waals surface area contributed by atoms with Crippen molar-refractivity contribution >= 4 is 21.9 Å². The number of rotatable bonds is 4. The third kappa shape index (κ3) is 2.38. The van der Waals surface area contributed by atoms with Gasteiger partial charge >= 0.3 is 5.97 Å². The maximum Gasteiger partial charge on any atom is 0.320 e. The van der Waals surface area contributed by atoms with Gasteiger partial charge in [0.1, 0.15) is 10.4 Å². The van der Waals surface area contributed by atoms with Crippen molar-refractivity contribution in [3.8, 4) is 0 Å². The molecule has 0 aromatic rings. The molecule has 0 radical (unpaired) electrons. The molecule has 0 spiro atoms. The van der Waals surface area contributed by atoms with E-state index in [4.69, 9.17) is 4.74 Å². The summed E-state index contributed by atoms with van der Waals surface area (Å²) in [7, 11) is 0. The quantitative estimate of drug-likeness (QED) is 0.580. The number of carbonyl (C=O) groups excluding carboxylic acids is 1. The zero-order chi connectivity index (χ0) is 10.9. The van der Waals surface area contributed by atoms with Crippen LogP contribution in [0.2, 0.25) is 0 Å². The first kappa shape index (κ1) is 11.4. The van der Waals surface area contributed by atoms with Crippen LogP contribution in [0.3, 0.4) is 0 Å². The number of esters is 1. The molecule has 0 saturated heterocycles. The molecular weight excluding hydrogens is 256 g/mol. The molecule has 0 aromatic carbocycles. The Bertz CT molecular complexity index is 244. The Kier molecular flexibility index (Phi) is 3.39. The Balaban J connectivity index is 1.88. The van der Waals surface area contributed by atoms with Gasteiger partial charge < -0.3 is 4.74 Å². The van der Waals surface area contributed by atoms with Gasteiger partial charge in [-0.1, -0.05) is 29.3 Å². The highest BCUT2D eigenvalue weighted by Gasteiger charge is 2.48. The van der Waals surface area contributed by atoms with E-state index in [1.807, 2.05) is 0 Å². The third-order valence-corrected chi connectivity index (χ3v) is 4.62. The lowest BCUT2D eigenvalue weighted by atomic mass is 9.97. The predicted molar refractivity (Wildman–Crippen MR) is 63.0 cm³/mol. The van der Waals surface area contributed by atoms with E-state index in [1.54, 1.807) is 0 Å². The van der Waals surface area contributed by atoms with Crippen molar-refractivity contribution in [1.29, 1.82) is 0 Å². The van der Waals surface area contributed by atoms with Crippen molar-refractivity contribution in [3.05, 3.63) is 0 Å². The van der Waals surface area contributed by atoms with Crippen molar-refractivity contribution in [3.63, 3.8) is 0 Å². The van der Waals surface area contributed by atoms with E-state index in [0.717, 1.165) is 38.0 Å². The van der Waals surface area contributed by atoms with Crippen LogP contribution in [0.1, 0.15) is 51.9 Å². The van der Waals surface area contributed by atoms with E-state index in [0.29, 0.717) is 0 Å². The zero-order valence-corrected chi connectivity index (χ0v) is 10.9. The molecule has 0 heterocycles. The van der Waals surface area contributed by atoms with Gasteiger partial charge in [-0.3, -0.25) is 4.79 Å². The van der Waals surface area contributed by atoms with Crippen molar-refractivity contribution in [2.45, 2.75) is 62.3 Å². The Labute approximate surface area is 99.9 Å². The van der Waals surface area contributed by atoms with Crippen LogP contribution in [-0.2, 0) is 9.53 Å². The fraction of sp³-hybridized carbons (Fsp3) is 0.917. The topological polar surface area (TPSA) is 26.3 Å². The molecule has 0 amide bonds. The molecule has 0 N–H and O–H groups in total. The van der Waals surface area contributed by atoms with E-state index in [9.17, 15) is 4.79 Å². The SMILES string of the molecule is CCCC(Br)C(=O)OC12CCC(CC1)C2. The minimum atomic E-state index is -0.100. The Morgan fingerprint density at radius 3 is 2.67 bits per heavy atom. The molecule has 0 aliphatic heterocycles. The Morgan fingerprint density at radius 2 is 2.20 bits per heavy atom. The smallest absolute Gasteiger partial charge is 0.320 e. The monoisotopic (exact) mass is 274 g/mol. The average molecular weight is 275 g/mol. The number of carbonyl (C=O) groups is 1. The number of halogens is 1. The van der Waals surface area contributed by atoms with Gasteiger partial charge in [-0.15, -0.1) is 0 Å². The van der Waals surface area contributed by atoms with Crippen molar-refractivity contribution in [1.82, 2.24) is 0 Å². The van der Waals surface area contributed by atoms with Gasteiger partial charge in [0.25, 0.3) is 0 Å². The zero-order valence-electron chi connectivity index (χ0n) is 9.30. The van der Waals surface area contributed by atoms with Gasteiger partial charge in [0.15, 0.2) is 0 Å². The summed E-state index contributed by atoms with van der Waals surface area (Å²) < 4.78 is 5.72. The Hall–Kier alpha value is -0.0500. The molecule has 2 saturated carbocycles. The highest BCUT2D eigenvalue weighted by atomic mass is 79.9. The van der Waals surface area contributed by atoms with Gasteiger partial charge in [0.05, 0.1) is 0 Å². The number of fused-ring (bicyclic) bond motifs is 2. The second-order valence-corrected chi connectivity index (χ2v) is 6.11. The summed E-state index contributed by atoms with van der Waals surface area (Å²) in [6, 6.07) is 0. The summed E-state index contributed by atoms with van der Waals surface area (Å²) in [5.74, 6) is 0.789. The van der Waals surface area contributed by atoms with Crippen molar-refractivity contribution in [2.75, 3.05) is 0 Å². The lowest BCUT2D eigenvalue weighted by Gasteiger charge is -2.27. The Morgan fingerprint density at radius 1 is 1.53 bits per heavy atom. The first-order chi connectivity index (χ1) is 7.15. The van der Waals surface area contributed by atoms with Crippen LogP contribution in [0.25, 0.3) is 0 Å². The normalized spacial score (nSPS) is 35.5. The summed E-state index contributed by atoms with van der Waals surface area (Å²) in [5, 5.41) is 0. The van der Waals surface area contributed by atoms with Gasteiger partial charge in [-0.25, -0.2) is 0 Å². The molecule has 86 valence electrons. The van der Waals surface area contributed by atoms with Gasteiger partial charge in [0, 0.05) is 0 Å². The average Bonchev–Trinajstić information content (AvgIpc) is 2.77. The lowest BCUT2D eigenvalue weighted by Crippen LogP contribution is -2.33. The fourth-order valence-corrected chi connectivity index (χ4v) is 3.48. The van der Waals surface area contributed by atoms with E-state index in [2.05, 4.69) is 22.9 Å². The van der Waals surface area contributed by atoms with Crippen LogP contribution in [-0.4, -0.2) is 16.4 Å². The van der Waals surface area contributed by atoms with Crippen molar-refractivity contribution < 1.29 is 9.53 Å². The maximum atomic E-state index is 11.8. The minimum Gasteiger partial charge on any atom is -0.458 e. The fourth-order valence-electron chi connectivity index (χ4n) is 2.93. The van der Waals surface area contributed by atoms with Crippen LogP contribution < -0.4 is 0 Å². The molecule has 2 rings (SSSR count). The van der Waals surface area contributed by atoms with Gasteiger partial charge in [-0.2, -0.15) is 0 Å². The molecular formula is C12H19BrO2. The summed E-state index contributed by atoms with van der Waals surface area (Å²) in [6.45, 7) is 2.08. The summed E-state index contributed by atoms with van der Waals surface area (Å²) in [5.41, 5.74) is -0.0679. The lowest BCUT2D eigenvalue weighted by molar-refractivity contribution is -0.158. The highest BCUT2D eigenvalue weighted by molar-refractivity contribution is 9.10. The molecule has 2 nitrogen and oxygen atoms in total. The third-order valence-electron chi connectivity index (χ3n) is 3.79. The number of alkyl halides is 1. The second-order valence-electron chi connectivity index (χ2n) is 5.01. The van der Waals surface area contributed by atoms with Crippen LogP contribution in [0.5, 0.6) is 0 Å². The maximum absolute atomic E-state index is 11.8. The van der Waals surface area contributed by atoms with Gasteiger partial charge in [-0.05, 0) is 44.4 Å². The first-order valence-electron chi connectivity index (χ1n) is 6.02. The van der Waals surface area contributed by atoms with Crippen LogP contribution in [0.15, 0.2) is 0 Å². The van der Waals surface area contributed by atoms with Crippen LogP contribution in [0.4, 0.5) is 0 Å². The summed E-state index contributed by atoms with van der Waals surface area (Å²) in [4.78, 5) is 11.7.